The molecule has 0 amide bonds. The molecule has 3 aromatic rings. The first-order chi connectivity index (χ1) is 9.69. The van der Waals surface area contributed by atoms with Crippen molar-refractivity contribution in [2.45, 2.75) is 23.5 Å². The van der Waals surface area contributed by atoms with Crippen LogP contribution >= 0.6 is 11.8 Å². The number of benzene rings is 1. The van der Waals surface area contributed by atoms with E-state index in [4.69, 9.17) is 5.73 Å². The Kier molecular flexibility index (Phi) is 3.19. The molecule has 0 bridgehead atoms. The molecule has 0 fully saturated rings. The van der Waals surface area contributed by atoms with E-state index < -0.39 is 0 Å². The van der Waals surface area contributed by atoms with Crippen molar-refractivity contribution < 1.29 is 0 Å². The number of nitrogen functional groups attached to an aromatic ring is 1. The third-order valence-electron chi connectivity index (χ3n) is 2.97. The Morgan fingerprint density at radius 3 is 3.05 bits per heavy atom. The maximum atomic E-state index is 11.6. The van der Waals surface area contributed by atoms with E-state index in [9.17, 15) is 4.79 Å². The van der Waals surface area contributed by atoms with Gasteiger partial charge in [-0.15, -0.1) is 5.10 Å². The van der Waals surface area contributed by atoms with Crippen molar-refractivity contribution in [1.29, 1.82) is 0 Å². The Bertz CT molecular complexity index is 823. The van der Waals surface area contributed by atoms with Gasteiger partial charge in [0.15, 0.2) is 5.16 Å². The molecule has 0 aliphatic carbocycles. The van der Waals surface area contributed by atoms with E-state index in [1.807, 2.05) is 31.2 Å². The molecule has 0 aliphatic rings. The molecule has 102 valence electrons. The van der Waals surface area contributed by atoms with Crippen LogP contribution < -0.4 is 11.4 Å². The molecule has 0 unspecified atom stereocenters. The summed E-state index contributed by atoms with van der Waals surface area (Å²) in [4.78, 5) is 16.9. The second kappa shape index (κ2) is 5.01. The quantitative estimate of drug-likeness (QED) is 0.718. The van der Waals surface area contributed by atoms with Crippen LogP contribution in [0, 0.1) is 0 Å². The highest BCUT2D eigenvalue weighted by molar-refractivity contribution is 7.99. The van der Waals surface area contributed by atoms with Gasteiger partial charge in [0.25, 0.3) is 0 Å². The fourth-order valence-corrected chi connectivity index (χ4v) is 3.01. The van der Waals surface area contributed by atoms with Gasteiger partial charge in [-0.25, -0.2) is 9.89 Å². The Morgan fingerprint density at radius 2 is 2.25 bits per heavy atom. The second-order valence-corrected chi connectivity index (χ2v) is 5.25. The average molecular weight is 287 g/mol. The van der Waals surface area contributed by atoms with Crippen LogP contribution in [0.5, 0.6) is 0 Å². The van der Waals surface area contributed by atoms with E-state index in [0.29, 0.717) is 17.4 Å². The molecule has 2 heterocycles. The lowest BCUT2D eigenvalue weighted by Crippen LogP contribution is -2.15. The zero-order valence-corrected chi connectivity index (χ0v) is 11.6. The van der Waals surface area contributed by atoms with Crippen molar-refractivity contribution in [1.82, 2.24) is 19.7 Å². The predicted octanol–water partition coefficient (Wildman–Crippen LogP) is 1.87. The molecule has 3 N–H and O–H groups in total. The van der Waals surface area contributed by atoms with Gasteiger partial charge >= 0.3 is 5.69 Å². The molecule has 2 aromatic heterocycles. The molecular weight excluding hydrogens is 274 g/mol. The first-order valence-corrected chi connectivity index (χ1v) is 6.98. The van der Waals surface area contributed by atoms with Crippen molar-refractivity contribution in [3.05, 3.63) is 40.9 Å². The molecule has 6 nitrogen and oxygen atoms in total. The summed E-state index contributed by atoms with van der Waals surface area (Å²) in [5.74, 6) is 0. The topological polar surface area (TPSA) is 89.6 Å². The summed E-state index contributed by atoms with van der Waals surface area (Å²) in [6, 6.07) is 7.51. The highest BCUT2D eigenvalue weighted by Gasteiger charge is 2.11. The number of H-pyrrole nitrogens is 1. The fraction of sp³-hybridized carbons (Fsp3) is 0.154. The summed E-state index contributed by atoms with van der Waals surface area (Å²) < 4.78 is 1.59. The molecule has 0 atom stereocenters. The summed E-state index contributed by atoms with van der Waals surface area (Å²) in [5, 5.41) is 8.15. The van der Waals surface area contributed by atoms with Crippen molar-refractivity contribution in [3.8, 4) is 0 Å². The van der Waals surface area contributed by atoms with E-state index in [1.165, 1.54) is 11.8 Å². The van der Waals surface area contributed by atoms with Gasteiger partial charge in [0, 0.05) is 28.7 Å². The van der Waals surface area contributed by atoms with E-state index >= 15 is 0 Å². The Hall–Kier alpha value is -2.28. The normalized spacial score (nSPS) is 11.1. The van der Waals surface area contributed by atoms with Crippen LogP contribution in [0.2, 0.25) is 0 Å². The molecule has 0 aliphatic heterocycles. The maximum Gasteiger partial charge on any atom is 0.343 e. The van der Waals surface area contributed by atoms with Crippen molar-refractivity contribution in [2.24, 2.45) is 0 Å². The van der Waals surface area contributed by atoms with E-state index in [0.717, 1.165) is 15.8 Å². The first kappa shape index (κ1) is 12.7. The van der Waals surface area contributed by atoms with Crippen LogP contribution in [-0.4, -0.2) is 19.7 Å². The van der Waals surface area contributed by atoms with Gasteiger partial charge in [-0.3, -0.25) is 9.55 Å². The summed E-state index contributed by atoms with van der Waals surface area (Å²) in [6.07, 6.45) is 1.73. The molecule has 0 saturated heterocycles. The third-order valence-corrected chi connectivity index (χ3v) is 4.04. The number of nitrogens with zero attached hydrogens (tertiary/aromatic N) is 3. The van der Waals surface area contributed by atoms with Gasteiger partial charge in [-0.2, -0.15) is 0 Å². The molecule has 0 saturated carbocycles. The van der Waals surface area contributed by atoms with E-state index in [-0.39, 0.29) is 5.69 Å². The number of hydrogen-bond donors (Lipinski definition) is 2. The minimum absolute atomic E-state index is 0.197. The molecule has 0 spiro atoms. The van der Waals surface area contributed by atoms with E-state index in [1.54, 1.807) is 10.8 Å². The molecule has 1 aromatic carbocycles. The van der Waals surface area contributed by atoms with Crippen LogP contribution in [0.15, 0.2) is 45.3 Å². The lowest BCUT2D eigenvalue weighted by atomic mass is 10.2. The number of nitrogens with two attached hydrogens (primary N) is 1. The van der Waals surface area contributed by atoms with Gasteiger partial charge < -0.3 is 5.73 Å². The van der Waals surface area contributed by atoms with Gasteiger partial charge in [-0.1, -0.05) is 0 Å². The molecular formula is C13H13N5OS. The lowest BCUT2D eigenvalue weighted by Gasteiger charge is -2.06. The number of anilines is 1. The summed E-state index contributed by atoms with van der Waals surface area (Å²) in [5.41, 5.74) is 7.08. The highest BCUT2D eigenvalue weighted by Crippen LogP contribution is 2.31. The van der Waals surface area contributed by atoms with Crippen molar-refractivity contribution in [3.63, 3.8) is 0 Å². The Balaban J connectivity index is 2.09. The first-order valence-electron chi connectivity index (χ1n) is 6.16. The smallest absolute Gasteiger partial charge is 0.343 e. The predicted molar refractivity (Wildman–Crippen MR) is 78.8 cm³/mol. The maximum absolute atomic E-state index is 11.6. The van der Waals surface area contributed by atoms with Crippen molar-refractivity contribution >= 4 is 28.4 Å². The number of hydrogen-bond acceptors (Lipinski definition) is 5. The van der Waals surface area contributed by atoms with Crippen molar-refractivity contribution in [2.75, 3.05) is 5.73 Å². The molecule has 7 heteroatoms. The van der Waals surface area contributed by atoms with Crippen LogP contribution in [0.1, 0.15) is 6.92 Å². The number of aromatic nitrogens is 4. The number of aromatic amines is 1. The van der Waals surface area contributed by atoms with Crippen LogP contribution in [0.3, 0.4) is 0 Å². The number of pyridine rings is 1. The highest BCUT2D eigenvalue weighted by atomic mass is 32.2. The second-order valence-electron chi connectivity index (χ2n) is 4.24. The number of fused-ring (bicyclic) bond motifs is 1. The molecule has 20 heavy (non-hydrogen) atoms. The minimum atomic E-state index is -0.197. The summed E-state index contributed by atoms with van der Waals surface area (Å²) in [7, 11) is 0. The SMILES string of the molecule is CCn1c(Sc2ccnc3cc(N)ccc23)n[nH]c1=O. The third kappa shape index (κ3) is 2.16. The molecule has 3 rings (SSSR count). The zero-order valence-electron chi connectivity index (χ0n) is 10.8. The number of rotatable bonds is 3. The zero-order chi connectivity index (χ0) is 14.1. The Labute approximate surface area is 119 Å². The fourth-order valence-electron chi connectivity index (χ4n) is 1.99. The van der Waals surface area contributed by atoms with Gasteiger partial charge in [-0.05, 0) is 43.0 Å². The number of nitrogens with one attached hydrogen (secondary N) is 1. The average Bonchev–Trinajstić information content (AvgIpc) is 2.79. The van der Waals surface area contributed by atoms with Crippen LogP contribution in [0.4, 0.5) is 5.69 Å². The van der Waals surface area contributed by atoms with Crippen LogP contribution in [-0.2, 0) is 6.54 Å². The summed E-state index contributed by atoms with van der Waals surface area (Å²) in [6.45, 7) is 2.49. The Morgan fingerprint density at radius 1 is 1.40 bits per heavy atom. The minimum Gasteiger partial charge on any atom is -0.399 e. The van der Waals surface area contributed by atoms with Gasteiger partial charge in [0.05, 0.1) is 5.52 Å². The monoisotopic (exact) mass is 287 g/mol. The van der Waals surface area contributed by atoms with Gasteiger partial charge in [0.1, 0.15) is 0 Å². The van der Waals surface area contributed by atoms with Crippen LogP contribution in [0.25, 0.3) is 10.9 Å². The van der Waals surface area contributed by atoms with Gasteiger partial charge in [0.2, 0.25) is 0 Å². The summed E-state index contributed by atoms with van der Waals surface area (Å²) >= 11 is 1.43. The van der Waals surface area contributed by atoms with E-state index in [2.05, 4.69) is 15.2 Å². The lowest BCUT2D eigenvalue weighted by molar-refractivity contribution is 0.660. The largest absolute Gasteiger partial charge is 0.399 e. The molecule has 0 radical (unpaired) electrons. The standard InChI is InChI=1S/C13H13N5OS/c1-2-18-12(19)16-17-13(18)20-11-5-6-15-10-7-8(14)3-4-9(10)11/h3-7H,2,14H2,1H3,(H,16,19).